The van der Waals surface area contributed by atoms with Crippen molar-refractivity contribution in [1.29, 1.82) is 5.26 Å². The van der Waals surface area contributed by atoms with Crippen molar-refractivity contribution < 1.29 is 0 Å². The zero-order valence-electron chi connectivity index (χ0n) is 10.6. The van der Waals surface area contributed by atoms with Crippen LogP contribution in [0.3, 0.4) is 0 Å². The normalized spacial score (nSPS) is 17.5. The van der Waals surface area contributed by atoms with Gasteiger partial charge in [0, 0.05) is 20.0 Å². The van der Waals surface area contributed by atoms with E-state index in [1.807, 2.05) is 26.0 Å². The molecule has 0 aliphatic carbocycles. The third-order valence-electron chi connectivity index (χ3n) is 3.28. The Morgan fingerprint density at radius 2 is 2.00 bits per heavy atom. The van der Waals surface area contributed by atoms with E-state index in [0.29, 0.717) is 5.56 Å². The number of rotatable bonds is 1. The number of benzene rings is 1. The molecule has 0 unspecified atom stereocenters. The lowest BCUT2D eigenvalue weighted by Crippen LogP contribution is -2.18. The molecule has 0 N–H and O–H groups in total. The highest BCUT2D eigenvalue weighted by molar-refractivity contribution is 5.87. The lowest BCUT2D eigenvalue weighted by atomic mass is 10.0. The fourth-order valence-electron chi connectivity index (χ4n) is 2.15. The molecule has 0 spiro atoms. The van der Waals surface area contributed by atoms with Gasteiger partial charge < -0.3 is 4.90 Å². The monoisotopic (exact) mass is 227 g/mol. The minimum Gasteiger partial charge on any atom is -0.363 e. The molecule has 1 aliphatic rings. The number of hydrogen-bond donors (Lipinski definition) is 0. The summed E-state index contributed by atoms with van der Waals surface area (Å²) in [5.41, 5.74) is 3.62. The second kappa shape index (κ2) is 4.58. The van der Waals surface area contributed by atoms with Crippen molar-refractivity contribution in [2.45, 2.75) is 26.7 Å². The largest absolute Gasteiger partial charge is 0.363 e. The number of likely N-dealkylation sites (tertiary alicyclic amines) is 1. The fourth-order valence-corrected chi connectivity index (χ4v) is 2.15. The maximum atomic E-state index is 9.23. The summed E-state index contributed by atoms with van der Waals surface area (Å²) >= 11 is 0. The van der Waals surface area contributed by atoms with Crippen molar-refractivity contribution in [3.8, 4) is 6.07 Å². The summed E-state index contributed by atoms with van der Waals surface area (Å²) in [6, 6.07) is 6.28. The summed E-state index contributed by atoms with van der Waals surface area (Å²) in [4.78, 5) is 6.86. The molecule has 88 valence electrons. The molecule has 2 rings (SSSR count). The summed E-state index contributed by atoms with van der Waals surface area (Å²) < 4.78 is 0. The Hall–Kier alpha value is -1.82. The van der Waals surface area contributed by atoms with E-state index in [1.54, 1.807) is 0 Å². The lowest BCUT2D eigenvalue weighted by Gasteiger charge is -2.13. The molecule has 0 atom stereocenters. The molecule has 3 heteroatoms. The van der Waals surface area contributed by atoms with Gasteiger partial charge in [-0.25, -0.2) is 4.99 Å². The SMILES string of the molecule is Cc1ccc(C)c(N=C2CCCN2C)c1C#N. The molecular weight excluding hydrogens is 210 g/mol. The molecule has 0 amide bonds. The van der Waals surface area contributed by atoms with Gasteiger partial charge in [0.05, 0.1) is 11.3 Å². The molecule has 1 fully saturated rings. The van der Waals surface area contributed by atoms with E-state index in [9.17, 15) is 5.26 Å². The first-order valence-electron chi connectivity index (χ1n) is 5.92. The first kappa shape index (κ1) is 11.7. The van der Waals surface area contributed by atoms with Crippen LogP contribution >= 0.6 is 0 Å². The van der Waals surface area contributed by atoms with Crippen LogP contribution < -0.4 is 0 Å². The Kier molecular flexibility index (Phi) is 3.14. The van der Waals surface area contributed by atoms with Gasteiger partial charge in [-0.15, -0.1) is 0 Å². The Labute approximate surface area is 102 Å². The molecule has 3 nitrogen and oxygen atoms in total. The van der Waals surface area contributed by atoms with Gasteiger partial charge in [0.1, 0.15) is 11.9 Å². The van der Waals surface area contributed by atoms with Gasteiger partial charge in [0.25, 0.3) is 0 Å². The summed E-state index contributed by atoms with van der Waals surface area (Å²) in [6.07, 6.45) is 2.16. The van der Waals surface area contributed by atoms with Crippen molar-refractivity contribution in [1.82, 2.24) is 4.90 Å². The average Bonchev–Trinajstić information content (AvgIpc) is 2.70. The minimum absolute atomic E-state index is 0.706. The summed E-state index contributed by atoms with van der Waals surface area (Å²) in [6.45, 7) is 5.03. The number of hydrogen-bond acceptors (Lipinski definition) is 2. The van der Waals surface area contributed by atoms with Crippen LogP contribution in [0.5, 0.6) is 0 Å². The Morgan fingerprint density at radius 1 is 1.29 bits per heavy atom. The maximum absolute atomic E-state index is 9.23. The van der Waals surface area contributed by atoms with Crippen LogP contribution in [-0.4, -0.2) is 24.3 Å². The van der Waals surface area contributed by atoms with Crippen molar-refractivity contribution in [3.05, 3.63) is 28.8 Å². The number of aryl methyl sites for hydroxylation is 2. The second-order valence-corrected chi connectivity index (χ2v) is 4.59. The van der Waals surface area contributed by atoms with E-state index < -0.39 is 0 Å². The van der Waals surface area contributed by atoms with Gasteiger partial charge in [-0.05, 0) is 31.4 Å². The molecule has 1 aliphatic heterocycles. The lowest BCUT2D eigenvalue weighted by molar-refractivity contribution is 0.550. The van der Waals surface area contributed by atoms with Crippen LogP contribution in [0, 0.1) is 25.2 Å². The van der Waals surface area contributed by atoms with E-state index in [0.717, 1.165) is 42.0 Å². The summed E-state index contributed by atoms with van der Waals surface area (Å²) in [5.74, 6) is 1.09. The molecule has 0 aromatic heterocycles. The first-order valence-corrected chi connectivity index (χ1v) is 5.92. The van der Waals surface area contributed by atoms with Crippen molar-refractivity contribution in [3.63, 3.8) is 0 Å². The number of nitriles is 1. The van der Waals surface area contributed by atoms with Crippen LogP contribution in [0.2, 0.25) is 0 Å². The quantitative estimate of drug-likeness (QED) is 0.740. The number of aliphatic imine (C=N–C) groups is 1. The zero-order valence-corrected chi connectivity index (χ0v) is 10.6. The predicted octanol–water partition coefficient (Wildman–Crippen LogP) is 2.93. The highest BCUT2D eigenvalue weighted by Gasteiger charge is 2.16. The fraction of sp³-hybridized carbons (Fsp3) is 0.429. The van der Waals surface area contributed by atoms with E-state index in [1.165, 1.54) is 0 Å². The van der Waals surface area contributed by atoms with Crippen molar-refractivity contribution in [2.75, 3.05) is 13.6 Å². The van der Waals surface area contributed by atoms with Crippen LogP contribution in [0.1, 0.15) is 29.5 Å². The van der Waals surface area contributed by atoms with E-state index >= 15 is 0 Å². The number of nitrogens with zero attached hydrogens (tertiary/aromatic N) is 3. The standard InChI is InChI=1S/C14H17N3/c1-10-6-7-11(2)14(12(10)9-15)16-13-5-4-8-17(13)3/h6-7H,4-5,8H2,1-3H3. The Bertz CT molecular complexity index is 509. The molecule has 0 saturated carbocycles. The van der Waals surface area contributed by atoms with Gasteiger partial charge in [0.15, 0.2) is 0 Å². The van der Waals surface area contributed by atoms with E-state index in [2.05, 4.69) is 18.0 Å². The van der Waals surface area contributed by atoms with Crippen molar-refractivity contribution in [2.24, 2.45) is 4.99 Å². The maximum Gasteiger partial charge on any atom is 0.105 e. The van der Waals surface area contributed by atoms with Crippen LogP contribution in [-0.2, 0) is 0 Å². The third kappa shape index (κ3) is 2.16. The molecular formula is C14H17N3. The van der Waals surface area contributed by atoms with Crippen molar-refractivity contribution >= 4 is 11.5 Å². The van der Waals surface area contributed by atoms with Gasteiger partial charge in [0.2, 0.25) is 0 Å². The topological polar surface area (TPSA) is 39.4 Å². The molecule has 1 aromatic carbocycles. The molecule has 0 bridgehead atoms. The van der Waals surface area contributed by atoms with Gasteiger partial charge in [-0.1, -0.05) is 12.1 Å². The minimum atomic E-state index is 0.706. The van der Waals surface area contributed by atoms with Gasteiger partial charge in [-0.3, -0.25) is 0 Å². The van der Waals surface area contributed by atoms with E-state index in [4.69, 9.17) is 4.99 Å². The summed E-state index contributed by atoms with van der Waals surface area (Å²) in [5, 5.41) is 9.23. The first-order chi connectivity index (χ1) is 8.13. The van der Waals surface area contributed by atoms with Crippen LogP contribution in [0.25, 0.3) is 0 Å². The van der Waals surface area contributed by atoms with Crippen LogP contribution in [0.4, 0.5) is 5.69 Å². The van der Waals surface area contributed by atoms with Crippen LogP contribution in [0.15, 0.2) is 17.1 Å². The molecule has 17 heavy (non-hydrogen) atoms. The summed E-state index contributed by atoms with van der Waals surface area (Å²) in [7, 11) is 2.06. The highest BCUT2D eigenvalue weighted by atomic mass is 15.2. The van der Waals surface area contributed by atoms with Gasteiger partial charge in [-0.2, -0.15) is 5.26 Å². The average molecular weight is 227 g/mol. The molecule has 1 saturated heterocycles. The molecule has 1 heterocycles. The van der Waals surface area contributed by atoms with E-state index in [-0.39, 0.29) is 0 Å². The number of amidine groups is 1. The highest BCUT2D eigenvalue weighted by Crippen LogP contribution is 2.28. The third-order valence-corrected chi connectivity index (χ3v) is 3.28. The molecule has 1 aromatic rings. The second-order valence-electron chi connectivity index (χ2n) is 4.59. The molecule has 0 radical (unpaired) electrons. The Balaban J connectivity index is 2.52. The predicted molar refractivity (Wildman–Crippen MR) is 69.6 cm³/mol. The zero-order chi connectivity index (χ0) is 12.4. The van der Waals surface area contributed by atoms with Gasteiger partial charge >= 0.3 is 0 Å². The smallest absolute Gasteiger partial charge is 0.105 e. The Morgan fingerprint density at radius 3 is 2.59 bits per heavy atom.